The van der Waals surface area contributed by atoms with Crippen LogP contribution in [-0.2, 0) is 0 Å². The maximum atomic E-state index is 12.9. The summed E-state index contributed by atoms with van der Waals surface area (Å²) in [5.74, 6) is 0.00615. The van der Waals surface area contributed by atoms with Gasteiger partial charge in [0.25, 0.3) is 11.5 Å². The maximum Gasteiger partial charge on any atom is 0.273 e. The lowest BCUT2D eigenvalue weighted by Gasteiger charge is -2.35. The summed E-state index contributed by atoms with van der Waals surface area (Å²) >= 11 is 1.50. The van der Waals surface area contributed by atoms with Gasteiger partial charge in [-0.05, 0) is 38.0 Å². The van der Waals surface area contributed by atoms with Crippen molar-refractivity contribution in [2.45, 2.75) is 38.6 Å². The molecular weight excluding hydrogens is 398 g/mol. The Morgan fingerprint density at radius 2 is 1.90 bits per heavy atom. The third-order valence-electron chi connectivity index (χ3n) is 6.26. The van der Waals surface area contributed by atoms with E-state index < -0.39 is 0 Å². The van der Waals surface area contributed by atoms with Crippen LogP contribution < -0.4 is 10.5 Å². The van der Waals surface area contributed by atoms with Gasteiger partial charge >= 0.3 is 0 Å². The van der Waals surface area contributed by atoms with E-state index in [1.54, 1.807) is 6.33 Å². The first-order valence-corrected chi connectivity index (χ1v) is 11.5. The highest BCUT2D eigenvalue weighted by Gasteiger charge is 2.24. The Kier molecular flexibility index (Phi) is 5.02. The Labute approximate surface area is 179 Å². The summed E-state index contributed by atoms with van der Waals surface area (Å²) in [6, 6.07) is 6.20. The zero-order valence-corrected chi connectivity index (χ0v) is 17.9. The Bertz CT molecular complexity index is 1140. The van der Waals surface area contributed by atoms with Crippen molar-refractivity contribution in [3.05, 3.63) is 51.0 Å². The maximum absolute atomic E-state index is 12.9. The molecule has 30 heavy (non-hydrogen) atoms. The van der Waals surface area contributed by atoms with Gasteiger partial charge in [0.05, 0.1) is 22.2 Å². The molecule has 0 radical (unpaired) electrons. The standard InChI is InChI=1S/C22H25N5O2S/c1-15-24-20(13-30-15)22(29)26-10-8-25(9-11-26)17-6-7-18-19(12-17)23-14-27(21(18)28)16-4-2-3-5-16/h6-7,12-14,16H,2-5,8-11H2,1H3. The molecule has 0 unspecified atom stereocenters. The molecule has 1 saturated heterocycles. The zero-order chi connectivity index (χ0) is 20.7. The fraction of sp³-hybridized carbons (Fsp3) is 0.455. The number of carbonyl (C=O) groups is 1. The number of aryl methyl sites for hydroxylation is 1. The van der Waals surface area contributed by atoms with Crippen LogP contribution in [0.15, 0.2) is 34.7 Å². The number of anilines is 1. The summed E-state index contributed by atoms with van der Waals surface area (Å²) in [5, 5.41) is 3.42. The van der Waals surface area contributed by atoms with E-state index in [1.807, 2.05) is 40.0 Å². The number of piperazine rings is 1. The van der Waals surface area contributed by atoms with E-state index >= 15 is 0 Å². The summed E-state index contributed by atoms with van der Waals surface area (Å²) in [6.45, 7) is 4.73. The SMILES string of the molecule is Cc1nc(C(=O)N2CCN(c3ccc4c(=O)n(C5CCCC5)cnc4c3)CC2)cs1. The van der Waals surface area contributed by atoms with Crippen LogP contribution >= 0.6 is 11.3 Å². The Hall–Kier alpha value is -2.74. The van der Waals surface area contributed by atoms with E-state index in [1.165, 1.54) is 24.2 Å². The minimum absolute atomic E-state index is 0.00615. The first-order chi connectivity index (χ1) is 14.6. The number of benzene rings is 1. The molecule has 1 aliphatic carbocycles. The third-order valence-corrected chi connectivity index (χ3v) is 7.03. The number of nitrogens with zero attached hydrogens (tertiary/aromatic N) is 5. The summed E-state index contributed by atoms with van der Waals surface area (Å²) in [7, 11) is 0. The van der Waals surface area contributed by atoms with Crippen LogP contribution in [0, 0.1) is 6.92 Å². The number of rotatable bonds is 3. The second-order valence-electron chi connectivity index (χ2n) is 8.13. The molecule has 0 atom stereocenters. The minimum atomic E-state index is 0.00615. The van der Waals surface area contributed by atoms with Gasteiger partial charge in [0.15, 0.2) is 0 Å². The van der Waals surface area contributed by atoms with Crippen LogP contribution in [0.25, 0.3) is 10.9 Å². The van der Waals surface area contributed by atoms with E-state index in [9.17, 15) is 9.59 Å². The van der Waals surface area contributed by atoms with Crippen molar-refractivity contribution in [3.8, 4) is 0 Å². The smallest absolute Gasteiger partial charge is 0.273 e. The lowest BCUT2D eigenvalue weighted by molar-refractivity contribution is 0.0741. The van der Waals surface area contributed by atoms with Crippen LogP contribution in [0.2, 0.25) is 0 Å². The number of thiazole rings is 1. The van der Waals surface area contributed by atoms with Gasteiger partial charge in [0.1, 0.15) is 5.69 Å². The van der Waals surface area contributed by atoms with Gasteiger partial charge in [-0.1, -0.05) is 12.8 Å². The first kappa shape index (κ1) is 19.2. The van der Waals surface area contributed by atoms with Gasteiger partial charge in [0.2, 0.25) is 0 Å². The fourth-order valence-corrected chi connectivity index (χ4v) is 5.14. The third kappa shape index (κ3) is 3.49. The normalized spacial score (nSPS) is 17.8. The quantitative estimate of drug-likeness (QED) is 0.647. The summed E-state index contributed by atoms with van der Waals surface area (Å²) in [6.07, 6.45) is 6.22. The molecule has 2 aliphatic rings. The van der Waals surface area contributed by atoms with E-state index in [0.717, 1.165) is 42.1 Å². The molecule has 0 N–H and O–H groups in total. The molecule has 1 amide bonds. The van der Waals surface area contributed by atoms with Crippen LogP contribution in [0.1, 0.15) is 47.2 Å². The van der Waals surface area contributed by atoms with Crippen LogP contribution in [0.5, 0.6) is 0 Å². The Balaban J connectivity index is 1.31. The van der Waals surface area contributed by atoms with Crippen molar-refractivity contribution in [2.75, 3.05) is 31.1 Å². The average molecular weight is 424 g/mol. The molecule has 156 valence electrons. The second-order valence-corrected chi connectivity index (χ2v) is 9.19. The molecule has 1 aromatic carbocycles. The molecular formula is C22H25N5O2S. The number of aromatic nitrogens is 3. The lowest BCUT2D eigenvalue weighted by Crippen LogP contribution is -2.48. The molecule has 1 aliphatic heterocycles. The molecule has 0 bridgehead atoms. The predicted molar refractivity (Wildman–Crippen MR) is 118 cm³/mol. The minimum Gasteiger partial charge on any atom is -0.368 e. The largest absolute Gasteiger partial charge is 0.368 e. The van der Waals surface area contributed by atoms with Gasteiger partial charge in [0, 0.05) is 43.3 Å². The molecule has 0 spiro atoms. The summed E-state index contributed by atoms with van der Waals surface area (Å²) in [4.78, 5) is 38.6. The van der Waals surface area contributed by atoms with Crippen LogP contribution in [0.4, 0.5) is 5.69 Å². The summed E-state index contributed by atoms with van der Waals surface area (Å²) in [5.41, 5.74) is 2.39. The first-order valence-electron chi connectivity index (χ1n) is 10.6. The molecule has 1 saturated carbocycles. The van der Waals surface area contributed by atoms with Crippen LogP contribution in [-0.4, -0.2) is 51.5 Å². The number of hydrogen-bond donors (Lipinski definition) is 0. The van der Waals surface area contributed by atoms with E-state index in [2.05, 4.69) is 14.9 Å². The monoisotopic (exact) mass is 423 g/mol. The van der Waals surface area contributed by atoms with Crippen molar-refractivity contribution in [2.24, 2.45) is 0 Å². The van der Waals surface area contributed by atoms with Crippen molar-refractivity contribution in [1.29, 1.82) is 0 Å². The predicted octanol–water partition coefficient (Wildman–Crippen LogP) is 3.24. The average Bonchev–Trinajstić information content (AvgIpc) is 3.45. The molecule has 2 aromatic heterocycles. The highest BCUT2D eigenvalue weighted by atomic mass is 32.1. The van der Waals surface area contributed by atoms with Gasteiger partial charge in [-0.2, -0.15) is 0 Å². The van der Waals surface area contributed by atoms with Crippen LogP contribution in [0.3, 0.4) is 0 Å². The number of amides is 1. The van der Waals surface area contributed by atoms with E-state index in [-0.39, 0.29) is 11.5 Å². The van der Waals surface area contributed by atoms with Crippen molar-refractivity contribution < 1.29 is 4.79 Å². The molecule has 2 fully saturated rings. The van der Waals surface area contributed by atoms with Gasteiger partial charge in [-0.25, -0.2) is 9.97 Å². The lowest BCUT2D eigenvalue weighted by atomic mass is 10.1. The van der Waals surface area contributed by atoms with E-state index in [4.69, 9.17) is 0 Å². The van der Waals surface area contributed by atoms with Crippen molar-refractivity contribution >= 4 is 33.8 Å². The molecule has 3 heterocycles. The van der Waals surface area contributed by atoms with Gasteiger partial charge in [-0.15, -0.1) is 11.3 Å². The zero-order valence-electron chi connectivity index (χ0n) is 17.1. The topological polar surface area (TPSA) is 71.3 Å². The second kappa shape index (κ2) is 7.83. The van der Waals surface area contributed by atoms with Gasteiger partial charge < -0.3 is 9.80 Å². The van der Waals surface area contributed by atoms with E-state index in [0.29, 0.717) is 30.2 Å². The number of fused-ring (bicyclic) bond motifs is 1. The molecule has 8 heteroatoms. The van der Waals surface area contributed by atoms with Crippen molar-refractivity contribution in [3.63, 3.8) is 0 Å². The Morgan fingerprint density at radius 1 is 1.13 bits per heavy atom. The summed E-state index contributed by atoms with van der Waals surface area (Å²) < 4.78 is 1.82. The number of hydrogen-bond acceptors (Lipinski definition) is 6. The molecule has 5 rings (SSSR count). The highest BCUT2D eigenvalue weighted by molar-refractivity contribution is 7.09. The van der Waals surface area contributed by atoms with Gasteiger partial charge in [-0.3, -0.25) is 14.2 Å². The Morgan fingerprint density at radius 3 is 2.60 bits per heavy atom. The molecule has 7 nitrogen and oxygen atoms in total. The highest BCUT2D eigenvalue weighted by Crippen LogP contribution is 2.28. The van der Waals surface area contributed by atoms with Crippen molar-refractivity contribution in [1.82, 2.24) is 19.4 Å². The fourth-order valence-electron chi connectivity index (χ4n) is 4.55. The number of carbonyl (C=O) groups excluding carboxylic acids is 1. The molecule has 3 aromatic rings.